The Labute approximate surface area is 204 Å². The number of hydrogen-bond acceptors (Lipinski definition) is 5. The number of aromatic nitrogens is 2. The van der Waals surface area contributed by atoms with Gasteiger partial charge in [0.25, 0.3) is 0 Å². The van der Waals surface area contributed by atoms with Gasteiger partial charge in [-0.05, 0) is 61.1 Å². The predicted molar refractivity (Wildman–Crippen MR) is 135 cm³/mol. The third-order valence-corrected chi connectivity index (χ3v) is 7.86. The molecular weight excluding hydrogens is 442 g/mol. The molecule has 1 aliphatic carbocycles. The maximum absolute atomic E-state index is 12.8. The van der Waals surface area contributed by atoms with E-state index in [0.29, 0.717) is 12.5 Å². The predicted octanol–water partition coefficient (Wildman–Crippen LogP) is 2.99. The summed E-state index contributed by atoms with van der Waals surface area (Å²) >= 11 is 0. The van der Waals surface area contributed by atoms with E-state index in [1.807, 2.05) is 34.9 Å². The van der Waals surface area contributed by atoms with Crippen LogP contribution < -0.4 is 15.7 Å². The molecule has 1 fully saturated rings. The van der Waals surface area contributed by atoms with Gasteiger partial charge in [0.1, 0.15) is 11.6 Å². The number of ether oxygens (including phenoxy) is 1. The molecule has 8 heteroatoms. The number of piperidine rings is 1. The number of rotatable bonds is 4. The van der Waals surface area contributed by atoms with Gasteiger partial charge in [0.15, 0.2) is 0 Å². The molecule has 1 amide bonds. The van der Waals surface area contributed by atoms with Crippen molar-refractivity contribution in [3.8, 4) is 5.75 Å². The quantitative estimate of drug-likeness (QED) is 0.610. The fourth-order valence-electron chi connectivity index (χ4n) is 6.12. The molecule has 2 N–H and O–H groups in total. The van der Waals surface area contributed by atoms with E-state index in [1.165, 1.54) is 11.1 Å². The van der Waals surface area contributed by atoms with Gasteiger partial charge in [-0.2, -0.15) is 0 Å². The first-order valence-electron chi connectivity index (χ1n) is 12.5. The second-order valence-electron chi connectivity index (χ2n) is 9.93. The number of nitrogens with zero attached hydrogens (tertiary/aromatic N) is 3. The number of likely N-dealkylation sites (tertiary alicyclic amines) is 1. The lowest BCUT2D eigenvalue weighted by molar-refractivity contribution is -0.121. The lowest BCUT2D eigenvalue weighted by atomic mass is 9.79. The van der Waals surface area contributed by atoms with E-state index in [9.17, 15) is 9.59 Å². The first kappa shape index (κ1) is 22.1. The van der Waals surface area contributed by atoms with Crippen molar-refractivity contribution < 1.29 is 9.53 Å². The molecule has 3 aliphatic rings. The Hall–Kier alpha value is -3.39. The summed E-state index contributed by atoms with van der Waals surface area (Å²) in [4.78, 5) is 35.3. The van der Waals surface area contributed by atoms with Crippen molar-refractivity contribution in [2.75, 3.05) is 26.7 Å². The molecule has 6 rings (SSSR count). The number of hydrogen-bond donors (Lipinski definition) is 2. The highest BCUT2D eigenvalue weighted by atomic mass is 16.5. The Morgan fingerprint density at radius 1 is 1.17 bits per heavy atom. The van der Waals surface area contributed by atoms with Crippen molar-refractivity contribution in [3.05, 3.63) is 64.1 Å². The summed E-state index contributed by atoms with van der Waals surface area (Å²) in [5.74, 6) is 2.05. The smallest absolute Gasteiger partial charge is 0.326 e. The molecule has 0 spiro atoms. The van der Waals surface area contributed by atoms with Gasteiger partial charge in [-0.3, -0.25) is 19.3 Å². The van der Waals surface area contributed by atoms with Crippen molar-refractivity contribution in [1.82, 2.24) is 19.8 Å². The first-order valence-corrected chi connectivity index (χ1v) is 12.5. The van der Waals surface area contributed by atoms with E-state index in [0.717, 1.165) is 67.8 Å². The van der Waals surface area contributed by atoms with Crippen LogP contribution >= 0.6 is 0 Å². The van der Waals surface area contributed by atoms with Crippen LogP contribution in [0.3, 0.4) is 0 Å². The second-order valence-corrected chi connectivity index (χ2v) is 9.93. The average Bonchev–Trinajstić information content (AvgIpc) is 3.43. The van der Waals surface area contributed by atoms with Crippen molar-refractivity contribution in [2.45, 2.75) is 50.1 Å². The SMILES string of the molecule is COc1ccc2c(c1)CCC1N=C(NC(=O)CN3CCC(n4c(=O)[nH]c5ccccc54)CC3)CC21. The number of methoxy groups -OCH3 is 1. The van der Waals surface area contributed by atoms with Crippen LogP contribution in [0.1, 0.15) is 48.8 Å². The second kappa shape index (κ2) is 9.00. The summed E-state index contributed by atoms with van der Waals surface area (Å²) in [6.45, 7) is 1.94. The number of fused-ring (bicyclic) bond motifs is 4. The van der Waals surface area contributed by atoms with Crippen LogP contribution in [0.5, 0.6) is 5.75 Å². The molecule has 2 aromatic carbocycles. The minimum absolute atomic E-state index is 0.0000579. The Balaban J connectivity index is 1.04. The third kappa shape index (κ3) is 4.16. The molecule has 8 nitrogen and oxygen atoms in total. The van der Waals surface area contributed by atoms with Gasteiger partial charge in [-0.15, -0.1) is 0 Å². The zero-order valence-corrected chi connectivity index (χ0v) is 20.0. The molecule has 0 radical (unpaired) electrons. The summed E-state index contributed by atoms with van der Waals surface area (Å²) in [5.41, 5.74) is 4.45. The fraction of sp³-hybridized carbons (Fsp3) is 0.444. The van der Waals surface area contributed by atoms with Crippen molar-refractivity contribution in [1.29, 1.82) is 0 Å². The minimum atomic E-state index is -0.0527. The van der Waals surface area contributed by atoms with Crippen LogP contribution in [0.4, 0.5) is 0 Å². The van der Waals surface area contributed by atoms with Crippen LogP contribution in [-0.2, 0) is 11.2 Å². The highest BCUT2D eigenvalue weighted by Gasteiger charge is 2.36. The lowest BCUT2D eigenvalue weighted by Gasteiger charge is -2.32. The summed E-state index contributed by atoms with van der Waals surface area (Å²) in [6, 6.07) is 14.5. The topological polar surface area (TPSA) is 91.7 Å². The number of carbonyl (C=O) groups excluding carboxylic acids is 1. The Morgan fingerprint density at radius 2 is 2.00 bits per heavy atom. The van der Waals surface area contributed by atoms with Gasteiger partial charge >= 0.3 is 5.69 Å². The number of aromatic amines is 1. The van der Waals surface area contributed by atoms with Crippen LogP contribution in [-0.4, -0.2) is 59.0 Å². The van der Waals surface area contributed by atoms with Gasteiger partial charge in [-0.1, -0.05) is 18.2 Å². The number of benzene rings is 2. The molecule has 3 aromatic rings. The first-order chi connectivity index (χ1) is 17.1. The van der Waals surface area contributed by atoms with Gasteiger partial charge in [0, 0.05) is 31.5 Å². The molecule has 0 bridgehead atoms. The maximum atomic E-state index is 12.8. The van der Waals surface area contributed by atoms with Crippen LogP contribution in [0, 0.1) is 0 Å². The van der Waals surface area contributed by atoms with Crippen LogP contribution in [0.15, 0.2) is 52.3 Å². The number of nitrogens with one attached hydrogen (secondary N) is 2. The molecule has 2 unspecified atom stereocenters. The Kier molecular flexibility index (Phi) is 5.68. The number of imidazole rings is 1. The maximum Gasteiger partial charge on any atom is 0.326 e. The normalized spacial score (nSPS) is 22.5. The molecule has 3 heterocycles. The van der Waals surface area contributed by atoms with Crippen molar-refractivity contribution in [3.63, 3.8) is 0 Å². The van der Waals surface area contributed by atoms with Crippen molar-refractivity contribution in [2.24, 2.45) is 4.99 Å². The molecule has 2 aliphatic heterocycles. The number of amidine groups is 1. The van der Waals surface area contributed by atoms with E-state index in [4.69, 9.17) is 9.73 Å². The van der Waals surface area contributed by atoms with E-state index < -0.39 is 0 Å². The zero-order chi connectivity index (χ0) is 23.9. The lowest BCUT2D eigenvalue weighted by Crippen LogP contribution is -2.44. The van der Waals surface area contributed by atoms with Crippen molar-refractivity contribution >= 4 is 22.8 Å². The van der Waals surface area contributed by atoms with Gasteiger partial charge in [0.05, 0.1) is 30.7 Å². The molecule has 0 saturated carbocycles. The Bertz CT molecular complexity index is 1350. The summed E-state index contributed by atoms with van der Waals surface area (Å²) in [5, 5.41) is 3.09. The summed E-state index contributed by atoms with van der Waals surface area (Å²) in [6.07, 6.45) is 4.47. The minimum Gasteiger partial charge on any atom is -0.497 e. The standard InChI is InChI=1S/C27H31N5O3/c1-35-19-7-8-20-17(14-19)6-9-22-21(20)15-25(28-22)30-26(33)16-31-12-10-18(11-13-31)32-24-5-3-2-4-23(24)29-27(32)34/h2-5,7-8,14,18,21-22H,6,9-13,15-16H2,1H3,(H,29,34)(H,28,30,33). The number of aliphatic imine (C=N–C) groups is 1. The molecule has 1 saturated heterocycles. The largest absolute Gasteiger partial charge is 0.497 e. The van der Waals surface area contributed by atoms with Gasteiger partial charge in [-0.25, -0.2) is 4.79 Å². The molecule has 35 heavy (non-hydrogen) atoms. The van der Waals surface area contributed by atoms with Gasteiger partial charge < -0.3 is 15.0 Å². The average molecular weight is 474 g/mol. The van der Waals surface area contributed by atoms with Gasteiger partial charge in [0.2, 0.25) is 5.91 Å². The van der Waals surface area contributed by atoms with Crippen LogP contribution in [0.2, 0.25) is 0 Å². The van der Waals surface area contributed by atoms with Crippen LogP contribution in [0.25, 0.3) is 11.0 Å². The zero-order valence-electron chi connectivity index (χ0n) is 20.0. The van der Waals surface area contributed by atoms with E-state index in [2.05, 4.69) is 27.3 Å². The highest BCUT2D eigenvalue weighted by molar-refractivity contribution is 6.00. The number of carbonyl (C=O) groups is 1. The molecule has 182 valence electrons. The monoisotopic (exact) mass is 473 g/mol. The fourth-order valence-corrected chi connectivity index (χ4v) is 6.12. The number of amides is 1. The van der Waals surface area contributed by atoms with E-state index >= 15 is 0 Å². The number of aryl methyl sites for hydroxylation is 1. The molecule has 1 aromatic heterocycles. The third-order valence-electron chi connectivity index (χ3n) is 7.86. The van der Waals surface area contributed by atoms with E-state index in [1.54, 1.807) is 7.11 Å². The van der Waals surface area contributed by atoms with E-state index in [-0.39, 0.29) is 23.7 Å². The number of H-pyrrole nitrogens is 1. The molecule has 2 atom stereocenters. The Morgan fingerprint density at radius 3 is 2.83 bits per heavy atom. The molecular formula is C27H31N5O3. The summed E-state index contributed by atoms with van der Waals surface area (Å²) < 4.78 is 7.27. The highest BCUT2D eigenvalue weighted by Crippen LogP contribution is 2.40. The summed E-state index contributed by atoms with van der Waals surface area (Å²) in [7, 11) is 1.70. The number of para-hydroxylation sites is 2.